The molecule has 7 heteroatoms. The largest absolute Gasteiger partial charge is 0.384 e. The van der Waals surface area contributed by atoms with Gasteiger partial charge >= 0.3 is 0 Å². The maximum absolute atomic E-state index is 6.63. The third-order valence-electron chi connectivity index (χ3n) is 5.68. The molecule has 3 heterocycles. The predicted octanol–water partition coefficient (Wildman–Crippen LogP) is 2.30. The van der Waals surface area contributed by atoms with E-state index in [0.717, 1.165) is 54.5 Å². The zero-order valence-electron chi connectivity index (χ0n) is 17.2. The van der Waals surface area contributed by atoms with E-state index in [1.807, 2.05) is 42.2 Å². The predicted molar refractivity (Wildman–Crippen MR) is 123 cm³/mol. The van der Waals surface area contributed by atoms with E-state index in [1.54, 1.807) is 6.33 Å². The van der Waals surface area contributed by atoms with Crippen molar-refractivity contribution in [2.45, 2.75) is 18.5 Å². The first kappa shape index (κ1) is 20.9. The zero-order valence-corrected chi connectivity index (χ0v) is 18.0. The molecule has 0 radical (unpaired) electrons. The second-order valence-electron chi connectivity index (χ2n) is 7.76. The van der Waals surface area contributed by atoms with E-state index in [-0.39, 0.29) is 12.1 Å². The van der Waals surface area contributed by atoms with Crippen LogP contribution in [0.25, 0.3) is 5.57 Å². The summed E-state index contributed by atoms with van der Waals surface area (Å²) in [6.45, 7) is 4.56. The van der Waals surface area contributed by atoms with Gasteiger partial charge in [-0.15, -0.1) is 0 Å². The minimum absolute atomic E-state index is 0.256. The van der Waals surface area contributed by atoms with Gasteiger partial charge in [-0.3, -0.25) is 0 Å². The molecule has 2 aromatic rings. The van der Waals surface area contributed by atoms with Crippen molar-refractivity contribution in [3.8, 4) is 0 Å². The Labute approximate surface area is 182 Å². The molecule has 0 bridgehead atoms. The van der Waals surface area contributed by atoms with Crippen LogP contribution in [0.3, 0.4) is 0 Å². The van der Waals surface area contributed by atoms with Crippen LogP contribution < -0.4 is 21.7 Å². The Morgan fingerprint density at radius 3 is 2.63 bits per heavy atom. The number of benzene rings is 1. The number of dihydropyridines is 1. The van der Waals surface area contributed by atoms with Crippen molar-refractivity contribution in [1.82, 2.24) is 25.5 Å². The molecule has 0 spiro atoms. The number of rotatable bonds is 2. The molecular formula is C23H29ClN6. The molecule has 158 valence electrons. The molecule has 0 saturated carbocycles. The van der Waals surface area contributed by atoms with Gasteiger partial charge in [0.25, 0.3) is 0 Å². The van der Waals surface area contributed by atoms with Gasteiger partial charge in [-0.1, -0.05) is 29.8 Å². The van der Waals surface area contributed by atoms with Crippen molar-refractivity contribution >= 4 is 17.2 Å². The first-order valence-corrected chi connectivity index (χ1v) is 10.8. The van der Waals surface area contributed by atoms with Gasteiger partial charge in [-0.25, -0.2) is 4.98 Å². The van der Waals surface area contributed by atoms with Crippen molar-refractivity contribution < 1.29 is 0 Å². The zero-order chi connectivity index (χ0) is 20.9. The molecule has 2 atom stereocenters. The quantitative estimate of drug-likeness (QED) is 0.595. The van der Waals surface area contributed by atoms with Crippen LogP contribution in [0, 0.1) is 0 Å². The SMILES string of the molecule is C1CNCCN1.Cn1cncc1C(N)C1=CC2=CC=CNC2Cc2ccc(Cl)cc21. The number of allylic oxidation sites excluding steroid dienone is 2. The van der Waals surface area contributed by atoms with Crippen LogP contribution in [0.1, 0.15) is 22.9 Å². The van der Waals surface area contributed by atoms with E-state index in [0.29, 0.717) is 0 Å². The summed E-state index contributed by atoms with van der Waals surface area (Å²) in [6.07, 6.45) is 12.9. The number of imidazole rings is 1. The third-order valence-corrected chi connectivity index (χ3v) is 5.91. The van der Waals surface area contributed by atoms with Crippen molar-refractivity contribution in [3.63, 3.8) is 0 Å². The number of nitrogens with two attached hydrogens (primary N) is 1. The fourth-order valence-electron chi connectivity index (χ4n) is 4.03. The number of nitrogens with zero attached hydrogens (tertiary/aromatic N) is 2. The minimum atomic E-state index is -0.264. The molecule has 30 heavy (non-hydrogen) atoms. The highest BCUT2D eigenvalue weighted by Gasteiger charge is 2.26. The van der Waals surface area contributed by atoms with Crippen LogP contribution >= 0.6 is 11.6 Å². The number of halogens is 1. The Hall–Kier alpha value is -2.38. The van der Waals surface area contributed by atoms with Crippen LogP contribution in [0.15, 0.2) is 60.7 Å². The van der Waals surface area contributed by atoms with E-state index in [4.69, 9.17) is 17.3 Å². The standard InChI is InChI=1S/C19H19ClN4.C4H10N2/c1-24-11-22-10-18(24)19(21)16-7-13-3-2-6-23-17(13)8-12-4-5-14(20)9-15(12)16;1-2-6-4-3-5-1/h2-7,9-11,17,19,23H,8,21H2,1H3;5-6H,1-4H2. The number of nitrogens with one attached hydrogen (secondary N) is 3. The summed E-state index contributed by atoms with van der Waals surface area (Å²) in [5.74, 6) is 0. The minimum Gasteiger partial charge on any atom is -0.384 e. The van der Waals surface area contributed by atoms with Crippen LogP contribution in [0.2, 0.25) is 5.02 Å². The number of hydrogen-bond acceptors (Lipinski definition) is 5. The van der Waals surface area contributed by atoms with Gasteiger partial charge in [0.1, 0.15) is 0 Å². The molecule has 1 aromatic carbocycles. The monoisotopic (exact) mass is 424 g/mol. The second-order valence-corrected chi connectivity index (χ2v) is 8.19. The lowest BCUT2D eigenvalue weighted by Crippen LogP contribution is -2.39. The van der Waals surface area contributed by atoms with E-state index < -0.39 is 0 Å². The van der Waals surface area contributed by atoms with Gasteiger partial charge in [-0.2, -0.15) is 0 Å². The van der Waals surface area contributed by atoms with Crippen molar-refractivity contribution in [2.75, 3.05) is 26.2 Å². The van der Waals surface area contributed by atoms with Gasteiger partial charge in [0, 0.05) is 38.2 Å². The molecule has 1 aliphatic carbocycles. The maximum atomic E-state index is 6.63. The number of hydrogen-bond donors (Lipinski definition) is 4. The Bertz CT molecular complexity index is 958. The van der Waals surface area contributed by atoms with Crippen LogP contribution in [0.4, 0.5) is 0 Å². The molecule has 2 aliphatic heterocycles. The first-order valence-electron chi connectivity index (χ1n) is 10.4. The molecular weight excluding hydrogens is 396 g/mol. The maximum Gasteiger partial charge on any atom is 0.0946 e. The van der Waals surface area contributed by atoms with Crippen LogP contribution in [-0.4, -0.2) is 41.8 Å². The van der Waals surface area contributed by atoms with Crippen molar-refractivity contribution in [2.24, 2.45) is 12.8 Å². The number of fused-ring (bicyclic) bond motifs is 2. The fraction of sp³-hybridized carbons (Fsp3) is 0.348. The molecule has 1 saturated heterocycles. The average Bonchev–Trinajstić information content (AvgIpc) is 3.14. The Balaban J connectivity index is 0.000000313. The van der Waals surface area contributed by atoms with Gasteiger partial charge in [0.05, 0.1) is 30.3 Å². The lowest BCUT2D eigenvalue weighted by Gasteiger charge is -2.20. The smallest absolute Gasteiger partial charge is 0.0946 e. The van der Waals surface area contributed by atoms with Gasteiger partial charge in [0.2, 0.25) is 0 Å². The number of piperazine rings is 1. The van der Waals surface area contributed by atoms with Crippen molar-refractivity contribution in [3.05, 3.63) is 82.6 Å². The highest BCUT2D eigenvalue weighted by molar-refractivity contribution is 6.30. The molecule has 3 aliphatic rings. The highest BCUT2D eigenvalue weighted by atomic mass is 35.5. The van der Waals surface area contributed by atoms with Crippen molar-refractivity contribution in [1.29, 1.82) is 0 Å². The lowest BCUT2D eigenvalue weighted by atomic mass is 9.93. The summed E-state index contributed by atoms with van der Waals surface area (Å²) >= 11 is 6.28. The Morgan fingerprint density at radius 2 is 1.97 bits per heavy atom. The van der Waals surface area contributed by atoms with E-state index in [1.165, 1.54) is 11.1 Å². The fourth-order valence-corrected chi connectivity index (χ4v) is 4.20. The van der Waals surface area contributed by atoms with Gasteiger partial charge in [-0.05, 0) is 53.1 Å². The summed E-state index contributed by atoms with van der Waals surface area (Å²) in [5, 5.41) is 10.6. The third kappa shape index (κ3) is 4.68. The first-order chi connectivity index (χ1) is 14.6. The van der Waals surface area contributed by atoms with Gasteiger partial charge in [0.15, 0.2) is 0 Å². The molecule has 1 aromatic heterocycles. The average molecular weight is 425 g/mol. The molecule has 0 amide bonds. The van der Waals surface area contributed by atoms with Gasteiger partial charge < -0.3 is 26.3 Å². The summed E-state index contributed by atoms with van der Waals surface area (Å²) in [4.78, 5) is 4.21. The lowest BCUT2D eigenvalue weighted by molar-refractivity contribution is 0.534. The molecule has 1 fully saturated rings. The van der Waals surface area contributed by atoms with Crippen LogP contribution in [0.5, 0.6) is 0 Å². The summed E-state index contributed by atoms with van der Waals surface area (Å²) in [6, 6.07) is 6.06. The Morgan fingerprint density at radius 1 is 1.20 bits per heavy atom. The molecule has 5 rings (SSSR count). The van der Waals surface area contributed by atoms with E-state index in [9.17, 15) is 0 Å². The summed E-state index contributed by atoms with van der Waals surface area (Å²) in [5.41, 5.74) is 12.3. The molecule has 6 nitrogen and oxygen atoms in total. The normalized spacial score (nSPS) is 21.0. The topological polar surface area (TPSA) is 79.9 Å². The second kappa shape index (κ2) is 9.62. The van der Waals surface area contributed by atoms with E-state index >= 15 is 0 Å². The molecule has 2 unspecified atom stereocenters. The summed E-state index contributed by atoms with van der Waals surface area (Å²) in [7, 11) is 1.96. The number of aromatic nitrogens is 2. The van der Waals surface area contributed by atoms with E-state index in [2.05, 4.69) is 39.2 Å². The number of aryl methyl sites for hydroxylation is 1. The Kier molecular flexibility index (Phi) is 6.69. The molecule has 5 N–H and O–H groups in total. The van der Waals surface area contributed by atoms with Crippen LogP contribution in [-0.2, 0) is 13.5 Å². The summed E-state index contributed by atoms with van der Waals surface area (Å²) < 4.78 is 1.96. The highest BCUT2D eigenvalue weighted by Crippen LogP contribution is 2.37.